The summed E-state index contributed by atoms with van der Waals surface area (Å²) in [6.45, 7) is 6.43. The monoisotopic (exact) mass is 351 g/mol. The highest BCUT2D eigenvalue weighted by Crippen LogP contribution is 2.35. The third-order valence-corrected chi connectivity index (χ3v) is 5.53. The molecule has 1 N–H and O–H groups in total. The summed E-state index contributed by atoms with van der Waals surface area (Å²) < 4.78 is 5.56. The average molecular weight is 352 g/mol. The van der Waals surface area contributed by atoms with Crippen LogP contribution < -0.4 is 5.32 Å². The van der Waals surface area contributed by atoms with E-state index in [1.54, 1.807) is 0 Å². The highest BCUT2D eigenvalue weighted by molar-refractivity contribution is 6.30. The van der Waals surface area contributed by atoms with Gasteiger partial charge in [-0.1, -0.05) is 50.4 Å². The van der Waals surface area contributed by atoms with Crippen molar-refractivity contribution in [1.29, 1.82) is 0 Å². The van der Waals surface area contributed by atoms with Gasteiger partial charge in [-0.25, -0.2) is 0 Å². The normalized spacial score (nSPS) is 18.1. The zero-order valence-electron chi connectivity index (χ0n) is 14.9. The van der Waals surface area contributed by atoms with E-state index in [1.165, 1.54) is 5.56 Å². The van der Waals surface area contributed by atoms with E-state index < -0.39 is 0 Å². The molecule has 1 atom stereocenters. The number of hydrogen-bond donors (Lipinski definition) is 1. The fourth-order valence-corrected chi connectivity index (χ4v) is 3.63. The van der Waals surface area contributed by atoms with Crippen LogP contribution in [-0.4, -0.2) is 25.7 Å². The maximum Gasteiger partial charge on any atom is 0.223 e. The molecule has 3 nitrogen and oxygen atoms in total. The van der Waals surface area contributed by atoms with Crippen molar-refractivity contribution in [3.63, 3.8) is 0 Å². The molecule has 0 bridgehead atoms. The quantitative estimate of drug-likeness (QED) is 0.735. The van der Waals surface area contributed by atoms with Gasteiger partial charge in [-0.15, -0.1) is 0 Å². The first-order valence-corrected chi connectivity index (χ1v) is 9.60. The van der Waals surface area contributed by atoms with E-state index in [0.29, 0.717) is 6.54 Å². The molecule has 1 fully saturated rings. The fourth-order valence-electron chi connectivity index (χ4n) is 3.50. The first kappa shape index (κ1) is 19.3. The van der Waals surface area contributed by atoms with Crippen molar-refractivity contribution in [3.05, 3.63) is 34.9 Å². The van der Waals surface area contributed by atoms with E-state index in [0.717, 1.165) is 56.8 Å². The minimum atomic E-state index is -0.0401. The van der Waals surface area contributed by atoms with Crippen LogP contribution in [0.4, 0.5) is 0 Å². The van der Waals surface area contributed by atoms with Gasteiger partial charge in [0.15, 0.2) is 0 Å². The highest BCUT2D eigenvalue weighted by atomic mass is 35.5. The number of halogens is 1. The second kappa shape index (κ2) is 9.43. The molecule has 1 saturated heterocycles. The molecule has 1 aliphatic rings. The van der Waals surface area contributed by atoms with Crippen LogP contribution in [0.15, 0.2) is 24.3 Å². The molecule has 1 aliphatic heterocycles. The molecule has 0 radical (unpaired) electrons. The van der Waals surface area contributed by atoms with E-state index in [2.05, 4.69) is 31.3 Å². The lowest BCUT2D eigenvalue weighted by molar-refractivity contribution is -0.125. The Bertz CT molecular complexity index is 509. The largest absolute Gasteiger partial charge is 0.381 e. The van der Waals surface area contributed by atoms with Gasteiger partial charge in [0.2, 0.25) is 5.91 Å². The zero-order valence-corrected chi connectivity index (χ0v) is 15.7. The van der Waals surface area contributed by atoms with Crippen LogP contribution in [0.25, 0.3) is 0 Å². The predicted molar refractivity (Wildman–Crippen MR) is 99.5 cm³/mol. The third-order valence-electron chi connectivity index (χ3n) is 5.28. The Hall–Kier alpha value is -1.06. The van der Waals surface area contributed by atoms with Crippen LogP contribution in [0.2, 0.25) is 5.02 Å². The van der Waals surface area contributed by atoms with Crippen molar-refractivity contribution in [3.8, 4) is 0 Å². The molecule has 0 aliphatic carbocycles. The first-order chi connectivity index (χ1) is 11.6. The molecular weight excluding hydrogens is 322 g/mol. The summed E-state index contributed by atoms with van der Waals surface area (Å²) in [4.78, 5) is 12.6. The number of benzene rings is 1. The average Bonchev–Trinajstić information content (AvgIpc) is 2.62. The standard InChI is InChI=1S/C20H30ClNO2/c1-3-5-6-16(4-2)19(23)22-15-20(11-13-24-14-12-20)17-7-9-18(21)10-8-17/h7-10,16H,3-6,11-15H2,1-2H3,(H,22,23). The lowest BCUT2D eigenvalue weighted by atomic mass is 9.74. The Morgan fingerprint density at radius 3 is 2.50 bits per heavy atom. The van der Waals surface area contributed by atoms with Crippen molar-refractivity contribution in [2.75, 3.05) is 19.8 Å². The van der Waals surface area contributed by atoms with E-state index in [4.69, 9.17) is 16.3 Å². The Morgan fingerprint density at radius 1 is 1.25 bits per heavy atom. The Balaban J connectivity index is 2.06. The van der Waals surface area contributed by atoms with Crippen molar-refractivity contribution in [1.82, 2.24) is 5.32 Å². The second-order valence-corrected chi connectivity index (χ2v) is 7.30. The molecule has 1 amide bonds. The van der Waals surface area contributed by atoms with Crippen molar-refractivity contribution in [2.24, 2.45) is 5.92 Å². The van der Waals surface area contributed by atoms with Gasteiger partial charge >= 0.3 is 0 Å². The Labute approximate surface area is 151 Å². The van der Waals surface area contributed by atoms with Gasteiger partial charge in [-0.05, 0) is 43.4 Å². The minimum absolute atomic E-state index is 0.0401. The van der Waals surface area contributed by atoms with Crippen LogP contribution in [-0.2, 0) is 14.9 Å². The lowest BCUT2D eigenvalue weighted by Gasteiger charge is -2.38. The molecule has 1 aromatic rings. The van der Waals surface area contributed by atoms with Gasteiger partial charge in [-0.3, -0.25) is 4.79 Å². The molecule has 0 saturated carbocycles. The summed E-state index contributed by atoms with van der Waals surface area (Å²) in [5.74, 6) is 0.331. The molecule has 4 heteroatoms. The second-order valence-electron chi connectivity index (χ2n) is 6.86. The molecule has 2 rings (SSSR count). The van der Waals surface area contributed by atoms with Crippen molar-refractivity contribution in [2.45, 2.75) is 57.8 Å². The molecule has 134 valence electrons. The molecule has 24 heavy (non-hydrogen) atoms. The molecule has 0 spiro atoms. The lowest BCUT2D eigenvalue weighted by Crippen LogP contribution is -2.46. The van der Waals surface area contributed by atoms with Gasteiger partial charge in [0, 0.05) is 36.1 Å². The topological polar surface area (TPSA) is 38.3 Å². The van der Waals surface area contributed by atoms with Gasteiger partial charge < -0.3 is 10.1 Å². The van der Waals surface area contributed by atoms with Gasteiger partial charge in [-0.2, -0.15) is 0 Å². The van der Waals surface area contributed by atoms with E-state index >= 15 is 0 Å². The number of amides is 1. The summed E-state index contributed by atoms with van der Waals surface area (Å²) in [6, 6.07) is 8.06. The smallest absolute Gasteiger partial charge is 0.223 e. The van der Waals surface area contributed by atoms with Crippen molar-refractivity contribution < 1.29 is 9.53 Å². The summed E-state index contributed by atoms with van der Waals surface area (Å²) in [6.07, 6.45) is 6.00. The molecule has 1 heterocycles. The van der Waals surface area contributed by atoms with E-state index in [-0.39, 0.29) is 17.2 Å². The summed E-state index contributed by atoms with van der Waals surface area (Å²) in [5, 5.41) is 3.98. The highest BCUT2D eigenvalue weighted by Gasteiger charge is 2.35. The Morgan fingerprint density at radius 2 is 1.92 bits per heavy atom. The van der Waals surface area contributed by atoms with Crippen LogP contribution in [0.1, 0.15) is 57.9 Å². The Kier molecular flexibility index (Phi) is 7.57. The third kappa shape index (κ3) is 4.97. The molecule has 0 aromatic heterocycles. The van der Waals surface area contributed by atoms with E-state index in [9.17, 15) is 4.79 Å². The summed E-state index contributed by atoms with van der Waals surface area (Å²) >= 11 is 6.04. The van der Waals surface area contributed by atoms with Crippen LogP contribution in [0.5, 0.6) is 0 Å². The summed E-state index contributed by atoms with van der Waals surface area (Å²) in [7, 11) is 0. The molecular formula is C20H30ClNO2. The predicted octanol–water partition coefficient (Wildman–Crippen LogP) is 4.72. The number of rotatable bonds is 8. The fraction of sp³-hybridized carbons (Fsp3) is 0.650. The van der Waals surface area contributed by atoms with Gasteiger partial charge in [0.1, 0.15) is 0 Å². The van der Waals surface area contributed by atoms with Gasteiger partial charge in [0.05, 0.1) is 0 Å². The van der Waals surface area contributed by atoms with Crippen LogP contribution in [0, 0.1) is 5.92 Å². The van der Waals surface area contributed by atoms with Gasteiger partial charge in [0.25, 0.3) is 0 Å². The number of nitrogens with one attached hydrogen (secondary N) is 1. The maximum absolute atomic E-state index is 12.6. The number of unbranched alkanes of at least 4 members (excludes halogenated alkanes) is 1. The SMILES string of the molecule is CCCCC(CC)C(=O)NCC1(c2ccc(Cl)cc2)CCOCC1. The van der Waals surface area contributed by atoms with Crippen molar-refractivity contribution >= 4 is 17.5 Å². The molecule has 1 aromatic carbocycles. The number of carbonyl (C=O) groups excluding carboxylic acids is 1. The van der Waals surface area contributed by atoms with E-state index in [1.807, 2.05) is 12.1 Å². The van der Waals surface area contributed by atoms with Crippen LogP contribution >= 0.6 is 11.6 Å². The maximum atomic E-state index is 12.6. The number of carbonyl (C=O) groups is 1. The summed E-state index contributed by atoms with van der Waals surface area (Å²) in [5.41, 5.74) is 1.21. The van der Waals surface area contributed by atoms with Crippen LogP contribution in [0.3, 0.4) is 0 Å². The zero-order chi connectivity index (χ0) is 17.4. The molecule has 1 unspecified atom stereocenters. The first-order valence-electron chi connectivity index (χ1n) is 9.23. The number of hydrogen-bond acceptors (Lipinski definition) is 2. The minimum Gasteiger partial charge on any atom is -0.381 e. The number of ether oxygens (including phenoxy) is 1.